The molecule has 1 saturated heterocycles. The van der Waals surface area contributed by atoms with Crippen LogP contribution in [0, 0.1) is 13.8 Å². The number of pyridine rings is 1. The minimum atomic E-state index is -1.44. The van der Waals surface area contributed by atoms with Crippen LogP contribution < -0.4 is 20.7 Å². The maximum absolute atomic E-state index is 13.0. The number of carboxylic acids is 1. The Labute approximate surface area is 193 Å². The number of nitrogens with two attached hydrogens (primary N) is 1. The highest BCUT2D eigenvalue weighted by molar-refractivity contribution is 7.13. The maximum atomic E-state index is 13.0. The van der Waals surface area contributed by atoms with Crippen LogP contribution >= 0.6 is 11.3 Å². The SMILES string of the molecule is CO/N=C(/C(=O)N[C@@H]1C(=O)N2C(C(=O)[O-])=C([n+]3cc(C)ccc3C)CC[C@H]12)c1csc(N)n1. The highest BCUT2D eigenvalue weighted by atomic mass is 32.1. The number of hydrogen-bond acceptors (Lipinski definition) is 9. The predicted octanol–water partition coefficient (Wildman–Crippen LogP) is -0.912. The van der Waals surface area contributed by atoms with Gasteiger partial charge in [-0.25, -0.2) is 4.98 Å². The third-order valence-electron chi connectivity index (χ3n) is 5.64. The third kappa shape index (κ3) is 3.93. The Morgan fingerprint density at radius 3 is 2.79 bits per heavy atom. The first-order valence-electron chi connectivity index (χ1n) is 10.1. The van der Waals surface area contributed by atoms with Gasteiger partial charge in [-0.15, -0.1) is 11.3 Å². The van der Waals surface area contributed by atoms with Crippen molar-refractivity contribution in [2.75, 3.05) is 12.8 Å². The third-order valence-corrected chi connectivity index (χ3v) is 6.32. The van der Waals surface area contributed by atoms with Crippen molar-refractivity contribution in [3.05, 3.63) is 46.4 Å². The van der Waals surface area contributed by atoms with E-state index in [0.717, 1.165) is 22.6 Å². The number of nitrogens with zero attached hydrogens (tertiary/aromatic N) is 4. The van der Waals surface area contributed by atoms with E-state index in [4.69, 9.17) is 10.6 Å². The van der Waals surface area contributed by atoms with Gasteiger partial charge in [0.15, 0.2) is 22.7 Å². The standard InChI is InChI=1S/C21H22N6O5S/c1-10-4-5-11(2)26(8-10)14-7-6-13-16(19(29)27(13)17(14)20(30)31)24-18(28)15(25-32-3)12-9-33-21(22)23-12/h4-5,8-9,13,16H,6-7H2,1-3H3,(H3-,22,23,24,28,30,31)/b25-15+/t13-,16+/m1/s1. The number of carbonyl (C=O) groups excluding carboxylic acids is 3. The Balaban J connectivity index is 1.61. The number of aryl methyl sites for hydroxylation is 2. The molecule has 0 unspecified atom stereocenters. The Morgan fingerprint density at radius 2 is 2.15 bits per heavy atom. The number of rotatable bonds is 6. The molecule has 1 fully saturated rings. The molecule has 11 nitrogen and oxygen atoms in total. The molecule has 2 aromatic heterocycles. The molecule has 2 aliphatic heterocycles. The van der Waals surface area contributed by atoms with Crippen molar-refractivity contribution in [3.8, 4) is 0 Å². The number of hydrogen-bond donors (Lipinski definition) is 2. The molecule has 0 saturated carbocycles. The second-order valence-electron chi connectivity index (χ2n) is 7.76. The van der Waals surface area contributed by atoms with Crippen LogP contribution in [0.1, 0.15) is 29.8 Å². The molecule has 2 amide bonds. The molecule has 33 heavy (non-hydrogen) atoms. The fourth-order valence-corrected chi connectivity index (χ4v) is 4.69. The van der Waals surface area contributed by atoms with Crippen molar-refractivity contribution in [3.63, 3.8) is 0 Å². The fourth-order valence-electron chi connectivity index (χ4n) is 4.14. The normalized spacial score (nSPS) is 20.3. The van der Waals surface area contributed by atoms with E-state index in [0.29, 0.717) is 18.5 Å². The highest BCUT2D eigenvalue weighted by Gasteiger charge is 2.54. The van der Waals surface area contributed by atoms with Gasteiger partial charge in [0.2, 0.25) is 5.70 Å². The average Bonchev–Trinajstić information content (AvgIpc) is 3.21. The number of fused-ring (bicyclic) bond motifs is 1. The van der Waals surface area contributed by atoms with Crippen molar-refractivity contribution in [1.82, 2.24) is 15.2 Å². The first-order chi connectivity index (χ1) is 15.7. The summed E-state index contributed by atoms with van der Waals surface area (Å²) in [5.74, 6) is -2.65. The molecule has 4 heterocycles. The largest absolute Gasteiger partial charge is 0.543 e. The van der Waals surface area contributed by atoms with Gasteiger partial charge in [-0.3, -0.25) is 14.5 Å². The number of aromatic nitrogens is 2. The number of anilines is 1. The van der Waals surface area contributed by atoms with Crippen molar-refractivity contribution in [2.24, 2.45) is 5.16 Å². The van der Waals surface area contributed by atoms with Gasteiger partial charge < -0.3 is 25.8 Å². The summed E-state index contributed by atoms with van der Waals surface area (Å²) in [6.07, 6.45) is 2.68. The monoisotopic (exact) mass is 470 g/mol. The summed E-state index contributed by atoms with van der Waals surface area (Å²) >= 11 is 1.13. The second kappa shape index (κ2) is 8.62. The van der Waals surface area contributed by atoms with E-state index < -0.39 is 29.9 Å². The van der Waals surface area contributed by atoms with Crippen molar-refractivity contribution in [2.45, 2.75) is 38.8 Å². The van der Waals surface area contributed by atoms with Gasteiger partial charge in [-0.2, -0.15) is 4.57 Å². The number of β-lactam (4-membered cyclic amide) rings is 1. The number of thiazole rings is 1. The van der Waals surface area contributed by atoms with Gasteiger partial charge in [0.05, 0.1) is 12.0 Å². The molecule has 12 heteroatoms. The first-order valence-corrected chi connectivity index (χ1v) is 11.0. The Hall–Kier alpha value is -3.80. The van der Waals surface area contributed by atoms with Crippen LogP contribution in [-0.4, -0.2) is 52.6 Å². The van der Waals surface area contributed by atoms with Crippen LogP contribution in [0.4, 0.5) is 5.13 Å². The number of oxime groups is 1. The minimum Gasteiger partial charge on any atom is -0.543 e. The molecule has 4 rings (SSSR count). The molecule has 2 aromatic rings. The molecule has 2 aliphatic rings. The predicted molar refractivity (Wildman–Crippen MR) is 116 cm³/mol. The number of carboxylic acid groups (broad SMARTS) is 1. The molecule has 0 aromatic carbocycles. The van der Waals surface area contributed by atoms with E-state index in [1.807, 2.05) is 32.2 Å². The second-order valence-corrected chi connectivity index (χ2v) is 8.65. The van der Waals surface area contributed by atoms with Gasteiger partial charge in [0.1, 0.15) is 24.5 Å². The van der Waals surface area contributed by atoms with Crippen LogP contribution in [0.3, 0.4) is 0 Å². The van der Waals surface area contributed by atoms with Crippen molar-refractivity contribution in [1.29, 1.82) is 0 Å². The van der Waals surface area contributed by atoms with Gasteiger partial charge >= 0.3 is 0 Å². The molecule has 2 atom stereocenters. The van der Waals surface area contributed by atoms with Gasteiger partial charge in [-0.05, 0) is 19.4 Å². The van der Waals surface area contributed by atoms with Gasteiger partial charge in [0, 0.05) is 30.4 Å². The van der Waals surface area contributed by atoms with E-state index in [1.54, 1.807) is 9.95 Å². The number of aliphatic carboxylic acids is 1. The Kier molecular flexibility index (Phi) is 5.85. The fraction of sp³-hybridized carbons (Fsp3) is 0.333. The van der Waals surface area contributed by atoms with Gasteiger partial charge in [0.25, 0.3) is 11.8 Å². The average molecular weight is 471 g/mol. The van der Waals surface area contributed by atoms with Crippen LogP contribution in [0.2, 0.25) is 0 Å². The van der Waals surface area contributed by atoms with E-state index in [-0.39, 0.29) is 22.2 Å². The van der Waals surface area contributed by atoms with Crippen LogP contribution in [0.15, 0.2) is 34.6 Å². The number of carbonyl (C=O) groups is 3. The molecule has 3 N–H and O–H groups in total. The van der Waals surface area contributed by atoms with E-state index in [9.17, 15) is 19.5 Å². The quantitative estimate of drug-likeness (QED) is 0.240. The summed E-state index contributed by atoms with van der Waals surface area (Å²) in [4.78, 5) is 47.8. The van der Waals surface area contributed by atoms with Crippen molar-refractivity contribution >= 4 is 45.7 Å². The molecule has 0 radical (unpaired) electrons. The molecule has 0 spiro atoms. The molecule has 0 bridgehead atoms. The lowest BCUT2D eigenvalue weighted by Crippen LogP contribution is -2.73. The topological polar surface area (TPSA) is 154 Å². The van der Waals surface area contributed by atoms with E-state index in [1.165, 1.54) is 12.0 Å². The van der Waals surface area contributed by atoms with Gasteiger partial charge in [-0.1, -0.05) is 5.16 Å². The number of allylic oxidation sites excluding steroid dienone is 1. The number of amides is 2. The lowest BCUT2D eigenvalue weighted by Gasteiger charge is -2.50. The zero-order chi connectivity index (χ0) is 23.9. The molecule has 0 aliphatic carbocycles. The highest BCUT2D eigenvalue weighted by Crippen LogP contribution is 2.36. The molecule has 172 valence electrons. The lowest BCUT2D eigenvalue weighted by molar-refractivity contribution is -0.592. The van der Waals surface area contributed by atoms with E-state index >= 15 is 0 Å². The summed E-state index contributed by atoms with van der Waals surface area (Å²) in [6, 6.07) is 2.37. The maximum Gasteiger partial charge on any atom is 0.276 e. The number of nitrogen functional groups attached to an aromatic ring is 1. The summed E-state index contributed by atoms with van der Waals surface area (Å²) in [7, 11) is 1.28. The van der Waals surface area contributed by atoms with Crippen LogP contribution in [0.5, 0.6) is 0 Å². The zero-order valence-electron chi connectivity index (χ0n) is 18.2. The zero-order valence-corrected chi connectivity index (χ0v) is 19.0. The summed E-state index contributed by atoms with van der Waals surface area (Å²) < 4.78 is 1.77. The number of nitrogens with one attached hydrogen (secondary N) is 1. The smallest absolute Gasteiger partial charge is 0.276 e. The minimum absolute atomic E-state index is 0.130. The lowest BCUT2D eigenvalue weighted by atomic mass is 9.85. The van der Waals surface area contributed by atoms with Crippen LogP contribution in [0.25, 0.3) is 5.70 Å². The van der Waals surface area contributed by atoms with E-state index in [2.05, 4.69) is 15.5 Å². The molecular formula is C21H22N6O5S. The first kappa shape index (κ1) is 22.4. The summed E-state index contributed by atoms with van der Waals surface area (Å²) in [5, 5.41) is 20.2. The van der Waals surface area contributed by atoms with Crippen molar-refractivity contribution < 1.29 is 28.9 Å². The summed E-state index contributed by atoms with van der Waals surface area (Å²) in [5.41, 5.74) is 7.79. The summed E-state index contributed by atoms with van der Waals surface area (Å²) in [6.45, 7) is 3.75. The Bertz CT molecular complexity index is 1220. The molecular weight excluding hydrogens is 448 g/mol. The van der Waals surface area contributed by atoms with Crippen LogP contribution in [-0.2, 0) is 19.2 Å². The Morgan fingerprint density at radius 1 is 1.39 bits per heavy atom.